The summed E-state index contributed by atoms with van der Waals surface area (Å²) in [4.78, 5) is 42.7. The predicted molar refractivity (Wildman–Crippen MR) is 124 cm³/mol. The average molecular weight is 474 g/mol. The van der Waals surface area contributed by atoms with E-state index in [0.29, 0.717) is 11.3 Å². The van der Waals surface area contributed by atoms with Crippen LogP contribution < -0.4 is 10.9 Å². The molecule has 0 unspecified atom stereocenters. The molecule has 4 aromatic heterocycles. The van der Waals surface area contributed by atoms with Crippen LogP contribution in [0, 0.1) is 30.9 Å². The van der Waals surface area contributed by atoms with Gasteiger partial charge in [-0.2, -0.15) is 19.9 Å². The third-order valence-corrected chi connectivity index (χ3v) is 5.43. The highest BCUT2D eigenvalue weighted by molar-refractivity contribution is 6.02. The average Bonchev–Trinajstić information content (AvgIpc) is 3.54. The number of rotatable bonds is 5. The number of aryl methyl sites for hydroxylation is 3. The van der Waals surface area contributed by atoms with Crippen molar-refractivity contribution in [3.05, 3.63) is 85.6 Å². The molecule has 13 heteroatoms. The van der Waals surface area contributed by atoms with Gasteiger partial charge in [-0.25, -0.2) is 4.68 Å². The molecule has 0 aliphatic carbocycles. The van der Waals surface area contributed by atoms with E-state index in [1.165, 1.54) is 16.9 Å². The second kappa shape index (κ2) is 8.06. The Balaban J connectivity index is 1.57. The number of anilines is 1. The third-order valence-electron chi connectivity index (χ3n) is 5.43. The molecule has 0 saturated heterocycles. The number of H-pyrrole nitrogens is 1. The molecule has 0 radical (unpaired) electrons. The van der Waals surface area contributed by atoms with Crippen LogP contribution in [0.5, 0.6) is 0 Å². The first kappa shape index (κ1) is 21.8. The first-order valence-corrected chi connectivity index (χ1v) is 10.4. The summed E-state index contributed by atoms with van der Waals surface area (Å²) in [6.07, 6.45) is 1.43. The predicted octanol–water partition coefficient (Wildman–Crippen LogP) is 2.97. The standard InChI is InChI=1S/C22H18N8O5/c1-11-4-5-14(8-12(11)2)28-19-15(10-23-28)20(31)26-22(25-19)29-17(9-13(3)27-29)24-21(32)16-6-7-18(35-16)30(33)34/h4-10H,1-3H3,(H,24,32)(H,25,26,31). The summed E-state index contributed by atoms with van der Waals surface area (Å²) in [6.45, 7) is 5.67. The number of carbonyl (C=O) groups is 1. The number of amides is 1. The number of aromatic nitrogens is 6. The Kier molecular flexibility index (Phi) is 5.01. The lowest BCUT2D eigenvalue weighted by atomic mass is 10.1. The highest BCUT2D eigenvalue weighted by Gasteiger charge is 2.21. The summed E-state index contributed by atoms with van der Waals surface area (Å²) >= 11 is 0. The van der Waals surface area contributed by atoms with Crippen molar-refractivity contribution >= 4 is 28.6 Å². The van der Waals surface area contributed by atoms with E-state index in [0.717, 1.165) is 22.9 Å². The van der Waals surface area contributed by atoms with Gasteiger partial charge in [-0.1, -0.05) is 6.07 Å². The van der Waals surface area contributed by atoms with Crippen LogP contribution in [0.1, 0.15) is 27.4 Å². The number of benzene rings is 1. The number of hydrogen-bond donors (Lipinski definition) is 2. The fraction of sp³-hybridized carbons (Fsp3) is 0.136. The molecule has 2 N–H and O–H groups in total. The van der Waals surface area contributed by atoms with Gasteiger partial charge in [-0.15, -0.1) is 0 Å². The Hall–Kier alpha value is -5.07. The van der Waals surface area contributed by atoms with E-state index in [4.69, 9.17) is 4.42 Å². The van der Waals surface area contributed by atoms with Gasteiger partial charge < -0.3 is 9.73 Å². The quantitative estimate of drug-likeness (QED) is 0.289. The van der Waals surface area contributed by atoms with Gasteiger partial charge in [-0.3, -0.25) is 24.7 Å². The second-order valence-electron chi connectivity index (χ2n) is 7.88. The number of furan rings is 1. The van der Waals surface area contributed by atoms with Gasteiger partial charge >= 0.3 is 5.88 Å². The van der Waals surface area contributed by atoms with Crippen molar-refractivity contribution < 1.29 is 14.1 Å². The van der Waals surface area contributed by atoms with E-state index in [9.17, 15) is 19.7 Å². The second-order valence-corrected chi connectivity index (χ2v) is 7.88. The van der Waals surface area contributed by atoms with Crippen LogP contribution in [-0.4, -0.2) is 40.4 Å². The minimum absolute atomic E-state index is 0.0434. The number of hydrogen-bond acceptors (Lipinski definition) is 8. The van der Waals surface area contributed by atoms with Crippen LogP contribution in [0.4, 0.5) is 11.7 Å². The van der Waals surface area contributed by atoms with E-state index in [-0.39, 0.29) is 22.9 Å². The zero-order chi connectivity index (χ0) is 24.9. The maximum atomic E-state index is 12.8. The molecule has 1 aromatic carbocycles. The van der Waals surface area contributed by atoms with Gasteiger partial charge in [-0.05, 0) is 50.1 Å². The van der Waals surface area contributed by atoms with E-state index in [1.807, 2.05) is 32.0 Å². The molecule has 13 nitrogen and oxygen atoms in total. The van der Waals surface area contributed by atoms with Crippen molar-refractivity contribution in [3.8, 4) is 11.6 Å². The highest BCUT2D eigenvalue weighted by atomic mass is 16.6. The van der Waals surface area contributed by atoms with E-state index in [1.54, 1.807) is 17.7 Å². The van der Waals surface area contributed by atoms with Crippen LogP contribution in [0.2, 0.25) is 0 Å². The zero-order valence-corrected chi connectivity index (χ0v) is 18.8. The summed E-state index contributed by atoms with van der Waals surface area (Å²) in [7, 11) is 0. The SMILES string of the molecule is Cc1cc(NC(=O)c2ccc([N+](=O)[O-])o2)n(-c2nc3c(cnn3-c3ccc(C)c(C)c3)c(=O)[nH]2)n1. The number of carbonyl (C=O) groups excluding carboxylic acids is 1. The molecule has 5 aromatic rings. The van der Waals surface area contributed by atoms with Gasteiger partial charge in [0, 0.05) is 6.07 Å². The largest absolute Gasteiger partial charge is 0.433 e. The van der Waals surface area contributed by atoms with Gasteiger partial charge in [0.05, 0.1) is 23.6 Å². The van der Waals surface area contributed by atoms with Gasteiger partial charge in [0.15, 0.2) is 11.4 Å². The summed E-state index contributed by atoms with van der Waals surface area (Å²) < 4.78 is 7.76. The Morgan fingerprint density at radius 2 is 1.91 bits per heavy atom. The molecule has 0 saturated carbocycles. The highest BCUT2D eigenvalue weighted by Crippen LogP contribution is 2.21. The van der Waals surface area contributed by atoms with Crippen LogP contribution in [0.15, 0.2) is 51.8 Å². The van der Waals surface area contributed by atoms with Crippen molar-refractivity contribution in [2.24, 2.45) is 0 Å². The number of aromatic amines is 1. The first-order chi connectivity index (χ1) is 16.7. The molecule has 35 heavy (non-hydrogen) atoms. The molecule has 176 valence electrons. The summed E-state index contributed by atoms with van der Waals surface area (Å²) in [5, 5.41) is 22.4. The molecule has 0 bridgehead atoms. The Morgan fingerprint density at radius 3 is 2.63 bits per heavy atom. The van der Waals surface area contributed by atoms with Crippen molar-refractivity contribution in [2.45, 2.75) is 20.8 Å². The zero-order valence-electron chi connectivity index (χ0n) is 18.8. The molecular formula is C22H18N8O5. The Morgan fingerprint density at radius 1 is 1.11 bits per heavy atom. The third kappa shape index (κ3) is 3.84. The molecule has 1 amide bonds. The minimum Gasteiger partial charge on any atom is -0.395 e. The molecule has 0 fully saturated rings. The lowest BCUT2D eigenvalue weighted by Crippen LogP contribution is -2.19. The minimum atomic E-state index is -0.742. The monoisotopic (exact) mass is 474 g/mol. The number of nitrogens with zero attached hydrogens (tertiary/aromatic N) is 6. The summed E-state index contributed by atoms with van der Waals surface area (Å²) in [5.74, 6) is -1.33. The van der Waals surface area contributed by atoms with Gasteiger partial charge in [0.25, 0.3) is 11.5 Å². The Labute approximate surface area is 196 Å². The smallest absolute Gasteiger partial charge is 0.395 e. The topological polar surface area (TPSA) is 167 Å². The van der Waals surface area contributed by atoms with E-state index >= 15 is 0 Å². The molecule has 5 rings (SSSR count). The van der Waals surface area contributed by atoms with Crippen LogP contribution in [0.25, 0.3) is 22.7 Å². The van der Waals surface area contributed by atoms with E-state index in [2.05, 4.69) is 25.5 Å². The van der Waals surface area contributed by atoms with Crippen LogP contribution in [0.3, 0.4) is 0 Å². The number of nitrogens with one attached hydrogen (secondary N) is 2. The fourth-order valence-corrected chi connectivity index (χ4v) is 3.53. The molecule has 0 aliphatic heterocycles. The first-order valence-electron chi connectivity index (χ1n) is 10.4. The van der Waals surface area contributed by atoms with Crippen molar-refractivity contribution in [1.82, 2.24) is 29.5 Å². The van der Waals surface area contributed by atoms with Gasteiger partial charge in [0.1, 0.15) is 16.1 Å². The molecular weight excluding hydrogens is 456 g/mol. The maximum absolute atomic E-state index is 12.8. The van der Waals surface area contributed by atoms with Gasteiger partial charge in [0.2, 0.25) is 5.95 Å². The van der Waals surface area contributed by atoms with Crippen molar-refractivity contribution in [1.29, 1.82) is 0 Å². The molecule has 0 aliphatic rings. The van der Waals surface area contributed by atoms with Crippen LogP contribution >= 0.6 is 0 Å². The molecule has 0 spiro atoms. The van der Waals surface area contributed by atoms with Crippen LogP contribution in [-0.2, 0) is 0 Å². The van der Waals surface area contributed by atoms with Crippen molar-refractivity contribution in [2.75, 3.05) is 5.32 Å². The molecule has 4 heterocycles. The molecule has 0 atom stereocenters. The number of fused-ring (bicyclic) bond motifs is 1. The summed E-state index contributed by atoms with van der Waals surface area (Å²) in [5.41, 5.74) is 3.30. The normalized spacial score (nSPS) is 11.2. The Bertz CT molecular complexity index is 1690. The van der Waals surface area contributed by atoms with Crippen molar-refractivity contribution in [3.63, 3.8) is 0 Å². The maximum Gasteiger partial charge on any atom is 0.433 e. The lowest BCUT2D eigenvalue weighted by Gasteiger charge is -2.09. The van der Waals surface area contributed by atoms with E-state index < -0.39 is 22.3 Å². The fourth-order valence-electron chi connectivity index (χ4n) is 3.53. The summed E-state index contributed by atoms with van der Waals surface area (Å²) in [6, 6.07) is 9.60. The lowest BCUT2D eigenvalue weighted by molar-refractivity contribution is -0.402. The number of nitro groups is 1.